The predicted molar refractivity (Wildman–Crippen MR) is 135 cm³/mol. The summed E-state index contributed by atoms with van der Waals surface area (Å²) in [5, 5.41) is 0. The van der Waals surface area contributed by atoms with Crippen LogP contribution in [0.4, 0.5) is 4.39 Å². The number of nitrogens with two attached hydrogens (primary N) is 1. The van der Waals surface area contributed by atoms with E-state index in [0.717, 1.165) is 11.1 Å². The molecular formula is C26H26FN3O5S. The summed E-state index contributed by atoms with van der Waals surface area (Å²) in [6, 6.07) is 18.9. The molecule has 1 aliphatic heterocycles. The van der Waals surface area contributed by atoms with E-state index < -0.39 is 21.5 Å². The van der Waals surface area contributed by atoms with Crippen LogP contribution in [0.15, 0.2) is 71.7 Å². The Morgan fingerprint density at radius 1 is 1.06 bits per heavy atom. The first-order valence-electron chi connectivity index (χ1n) is 11.2. The number of likely N-dealkylation sites (N-methyl/N-ethyl adjacent to an activating group) is 1. The van der Waals surface area contributed by atoms with Gasteiger partial charge in [-0.15, -0.1) is 0 Å². The molecule has 0 bridgehead atoms. The van der Waals surface area contributed by atoms with Crippen LogP contribution < -0.4 is 10.5 Å². The molecule has 3 N–H and O–H groups in total. The standard InChI is InChI=1S/C26H26FN3O5S/c1-30-24(31)26(29-25(30)28,20-11-8-17(9-12-20)5-4-14-36(32,33)34)21-7-3-6-18(15-21)19-10-13-22(27)23(16-19)35-2/h3,6-13,15-16H,4-5,14H2,1-2H3,(H2,28,29)(H,32,33,34). The van der Waals surface area contributed by atoms with Crippen molar-refractivity contribution in [2.45, 2.75) is 18.4 Å². The van der Waals surface area contributed by atoms with E-state index in [0.29, 0.717) is 23.1 Å². The number of methoxy groups -OCH3 is 1. The van der Waals surface area contributed by atoms with Crippen molar-refractivity contribution in [2.24, 2.45) is 10.7 Å². The van der Waals surface area contributed by atoms with Crippen LogP contribution in [0.3, 0.4) is 0 Å². The van der Waals surface area contributed by atoms with E-state index in [-0.39, 0.29) is 29.8 Å². The number of nitrogens with zero attached hydrogens (tertiary/aromatic N) is 2. The molecule has 4 rings (SSSR count). The molecule has 0 fully saturated rings. The van der Waals surface area contributed by atoms with Crippen LogP contribution >= 0.6 is 0 Å². The molecular weight excluding hydrogens is 485 g/mol. The van der Waals surface area contributed by atoms with Gasteiger partial charge in [0.1, 0.15) is 0 Å². The second kappa shape index (κ2) is 9.71. The zero-order valence-electron chi connectivity index (χ0n) is 19.8. The molecule has 1 aliphatic rings. The number of rotatable bonds is 8. The van der Waals surface area contributed by atoms with Crippen LogP contribution in [-0.2, 0) is 26.9 Å². The summed E-state index contributed by atoms with van der Waals surface area (Å²) < 4.78 is 50.0. The smallest absolute Gasteiger partial charge is 0.266 e. The Kier molecular flexibility index (Phi) is 6.83. The molecule has 0 saturated carbocycles. The molecule has 0 aliphatic carbocycles. The van der Waals surface area contributed by atoms with Gasteiger partial charge in [0.25, 0.3) is 16.0 Å². The van der Waals surface area contributed by atoms with Crippen molar-refractivity contribution in [3.05, 3.63) is 89.2 Å². The maximum absolute atomic E-state index is 13.9. The number of halogens is 1. The van der Waals surface area contributed by atoms with Gasteiger partial charge in [0.2, 0.25) is 0 Å². The van der Waals surface area contributed by atoms with Crippen molar-refractivity contribution in [3.63, 3.8) is 0 Å². The van der Waals surface area contributed by atoms with Crippen molar-refractivity contribution < 1.29 is 26.9 Å². The van der Waals surface area contributed by atoms with E-state index in [9.17, 15) is 17.6 Å². The van der Waals surface area contributed by atoms with Gasteiger partial charge in [0, 0.05) is 7.05 Å². The Morgan fingerprint density at radius 3 is 2.36 bits per heavy atom. The second-order valence-electron chi connectivity index (χ2n) is 8.56. The average Bonchev–Trinajstić information content (AvgIpc) is 3.09. The predicted octanol–water partition coefficient (Wildman–Crippen LogP) is 3.35. The van der Waals surface area contributed by atoms with Gasteiger partial charge in [0.15, 0.2) is 23.1 Å². The number of aryl methyl sites for hydroxylation is 1. The number of ether oxygens (including phenoxy) is 1. The van der Waals surface area contributed by atoms with Crippen molar-refractivity contribution in [2.75, 3.05) is 19.9 Å². The Hall–Kier alpha value is -3.76. The first-order chi connectivity index (χ1) is 17.0. The number of carbonyl (C=O) groups excluding carboxylic acids is 1. The third kappa shape index (κ3) is 4.82. The van der Waals surface area contributed by atoms with Crippen molar-refractivity contribution in [1.82, 2.24) is 4.90 Å². The molecule has 0 aromatic heterocycles. The van der Waals surface area contributed by atoms with Gasteiger partial charge in [-0.25, -0.2) is 9.38 Å². The molecule has 188 valence electrons. The Balaban J connectivity index is 1.75. The van der Waals surface area contributed by atoms with Crippen molar-refractivity contribution in [3.8, 4) is 16.9 Å². The van der Waals surface area contributed by atoms with Gasteiger partial charge in [-0.2, -0.15) is 8.42 Å². The molecule has 0 spiro atoms. The minimum Gasteiger partial charge on any atom is -0.494 e. The largest absolute Gasteiger partial charge is 0.494 e. The summed E-state index contributed by atoms with van der Waals surface area (Å²) in [4.78, 5) is 19.5. The molecule has 10 heteroatoms. The molecule has 36 heavy (non-hydrogen) atoms. The molecule has 1 atom stereocenters. The SMILES string of the molecule is COc1cc(-c2cccc(C3(c4ccc(CCCS(=O)(=O)O)cc4)N=C(N)N(C)C3=O)c2)ccc1F. The maximum atomic E-state index is 13.9. The molecule has 1 heterocycles. The number of benzene rings is 3. The highest BCUT2D eigenvalue weighted by Gasteiger charge is 2.49. The van der Waals surface area contributed by atoms with E-state index in [1.54, 1.807) is 55.6 Å². The molecule has 1 unspecified atom stereocenters. The van der Waals surface area contributed by atoms with Crippen molar-refractivity contribution in [1.29, 1.82) is 0 Å². The number of amides is 1. The minimum absolute atomic E-state index is 0.0751. The van der Waals surface area contributed by atoms with Gasteiger partial charge in [0.05, 0.1) is 12.9 Å². The lowest BCUT2D eigenvalue weighted by Crippen LogP contribution is -2.41. The van der Waals surface area contributed by atoms with Gasteiger partial charge < -0.3 is 10.5 Å². The average molecular weight is 512 g/mol. The summed E-state index contributed by atoms with van der Waals surface area (Å²) >= 11 is 0. The number of guanidine groups is 1. The Morgan fingerprint density at radius 2 is 1.75 bits per heavy atom. The van der Waals surface area contributed by atoms with Crippen LogP contribution in [0.5, 0.6) is 5.75 Å². The van der Waals surface area contributed by atoms with E-state index in [1.807, 2.05) is 12.1 Å². The fraction of sp³-hybridized carbons (Fsp3) is 0.231. The quantitative estimate of drug-likeness (QED) is 0.447. The topological polar surface area (TPSA) is 122 Å². The minimum atomic E-state index is -4.03. The van der Waals surface area contributed by atoms with Crippen LogP contribution in [0, 0.1) is 5.82 Å². The third-order valence-electron chi connectivity index (χ3n) is 6.24. The number of hydrogen-bond donors (Lipinski definition) is 2. The normalized spacial score (nSPS) is 17.8. The molecule has 1 amide bonds. The zero-order chi connectivity index (χ0) is 26.1. The van der Waals surface area contributed by atoms with E-state index >= 15 is 0 Å². The van der Waals surface area contributed by atoms with Crippen LogP contribution in [0.1, 0.15) is 23.1 Å². The molecule has 3 aromatic rings. The highest BCUT2D eigenvalue weighted by Crippen LogP contribution is 2.41. The summed E-state index contributed by atoms with van der Waals surface area (Å²) in [6.45, 7) is 0. The number of hydrogen-bond acceptors (Lipinski definition) is 6. The highest BCUT2D eigenvalue weighted by atomic mass is 32.2. The van der Waals surface area contributed by atoms with Gasteiger partial charge in [-0.05, 0) is 58.9 Å². The molecule has 0 radical (unpaired) electrons. The van der Waals surface area contributed by atoms with Crippen LogP contribution in [0.25, 0.3) is 11.1 Å². The lowest BCUT2D eigenvalue weighted by Gasteiger charge is -2.27. The van der Waals surface area contributed by atoms with E-state index in [2.05, 4.69) is 4.99 Å². The second-order valence-corrected chi connectivity index (χ2v) is 10.1. The van der Waals surface area contributed by atoms with Gasteiger partial charge in [-0.3, -0.25) is 14.2 Å². The monoisotopic (exact) mass is 511 g/mol. The maximum Gasteiger partial charge on any atom is 0.266 e. The summed E-state index contributed by atoms with van der Waals surface area (Å²) in [5.41, 5.74) is 8.11. The fourth-order valence-corrected chi connectivity index (χ4v) is 4.83. The third-order valence-corrected chi connectivity index (χ3v) is 7.05. The number of carbonyl (C=O) groups is 1. The first kappa shape index (κ1) is 25.3. The van der Waals surface area contributed by atoms with E-state index in [1.165, 1.54) is 18.1 Å². The first-order valence-corrected chi connectivity index (χ1v) is 12.8. The lowest BCUT2D eigenvalue weighted by molar-refractivity contribution is -0.129. The summed E-state index contributed by atoms with van der Waals surface area (Å²) in [6.07, 6.45) is 0.702. The Bertz CT molecular complexity index is 1440. The summed E-state index contributed by atoms with van der Waals surface area (Å²) in [5.74, 6) is -0.949. The molecule has 8 nitrogen and oxygen atoms in total. The van der Waals surface area contributed by atoms with E-state index in [4.69, 9.17) is 15.0 Å². The highest BCUT2D eigenvalue weighted by molar-refractivity contribution is 7.85. The van der Waals surface area contributed by atoms with Gasteiger partial charge in [-0.1, -0.05) is 48.5 Å². The van der Waals surface area contributed by atoms with Crippen LogP contribution in [0.2, 0.25) is 0 Å². The fourth-order valence-electron chi connectivity index (χ4n) is 4.32. The Labute approximate surface area is 209 Å². The molecule has 0 saturated heterocycles. The summed E-state index contributed by atoms with van der Waals surface area (Å²) in [7, 11) is -1.08. The zero-order valence-corrected chi connectivity index (χ0v) is 20.6. The lowest BCUT2D eigenvalue weighted by atomic mass is 9.81. The van der Waals surface area contributed by atoms with Crippen LogP contribution in [-0.4, -0.2) is 49.6 Å². The van der Waals surface area contributed by atoms with Crippen molar-refractivity contribution >= 4 is 22.0 Å². The molecule has 3 aromatic carbocycles. The number of aliphatic imine (C=N–C) groups is 1. The van der Waals surface area contributed by atoms with Gasteiger partial charge >= 0.3 is 0 Å².